The molecule has 33 heavy (non-hydrogen) atoms. The number of alkyl halides is 1. The van der Waals surface area contributed by atoms with Crippen molar-refractivity contribution in [2.45, 2.75) is 32.2 Å². The second kappa shape index (κ2) is 8.92. The van der Waals surface area contributed by atoms with E-state index in [1.165, 1.54) is 29.6 Å². The Morgan fingerprint density at radius 3 is 2.67 bits per heavy atom. The molecule has 0 bridgehead atoms. The van der Waals surface area contributed by atoms with E-state index in [4.69, 9.17) is 16.3 Å². The molecule has 2 aliphatic rings. The average Bonchev–Trinajstić information content (AvgIpc) is 3.26. The quantitative estimate of drug-likeness (QED) is 0.659. The van der Waals surface area contributed by atoms with Gasteiger partial charge in [-0.1, -0.05) is 11.6 Å². The minimum Gasteiger partial charge on any atom is -0.387 e. The molecule has 178 valence electrons. The van der Waals surface area contributed by atoms with E-state index in [9.17, 15) is 19.1 Å². The highest BCUT2D eigenvalue weighted by Crippen LogP contribution is 2.36. The van der Waals surface area contributed by atoms with Crippen LogP contribution in [-0.2, 0) is 18.3 Å². The van der Waals surface area contributed by atoms with Gasteiger partial charge in [-0.15, -0.1) is 0 Å². The Labute approximate surface area is 196 Å². The normalized spacial score (nSPS) is 17.3. The molecule has 4 rings (SSSR count). The number of ether oxygens (including phenoxy) is 1. The van der Waals surface area contributed by atoms with Gasteiger partial charge < -0.3 is 25.0 Å². The Bertz CT molecular complexity index is 1080. The number of hydrogen-bond donors (Lipinski definition) is 2. The van der Waals surface area contributed by atoms with Crippen molar-refractivity contribution >= 4 is 34.8 Å². The molecule has 11 heteroatoms. The minimum absolute atomic E-state index is 0.185. The summed E-state index contributed by atoms with van der Waals surface area (Å²) in [7, 11) is 1.64. The predicted molar refractivity (Wildman–Crippen MR) is 122 cm³/mol. The number of halogens is 2. The number of aromatic nitrogens is 2. The van der Waals surface area contributed by atoms with Gasteiger partial charge in [-0.2, -0.15) is 5.10 Å². The number of hydrogen-bond acceptors (Lipinski definition) is 6. The molecule has 1 atom stereocenters. The molecule has 0 aliphatic carbocycles. The number of rotatable bonds is 6. The number of benzene rings is 1. The van der Waals surface area contributed by atoms with E-state index in [1.54, 1.807) is 19.2 Å². The van der Waals surface area contributed by atoms with Crippen LogP contribution < -0.4 is 10.2 Å². The van der Waals surface area contributed by atoms with Gasteiger partial charge in [0.05, 0.1) is 48.5 Å². The van der Waals surface area contributed by atoms with Crippen LogP contribution in [0.15, 0.2) is 18.3 Å². The second-order valence-electron chi connectivity index (χ2n) is 8.86. The lowest BCUT2D eigenvalue weighted by Gasteiger charge is -2.31. The third-order valence-electron chi connectivity index (χ3n) is 5.96. The number of fused-ring (bicyclic) bond motifs is 1. The first-order valence-electron chi connectivity index (χ1n) is 10.7. The van der Waals surface area contributed by atoms with Crippen molar-refractivity contribution in [2.75, 3.05) is 43.1 Å². The Hall–Kier alpha value is -2.69. The van der Waals surface area contributed by atoms with Crippen LogP contribution in [0.3, 0.4) is 0 Å². The van der Waals surface area contributed by atoms with Gasteiger partial charge in [0.15, 0.2) is 0 Å². The summed E-state index contributed by atoms with van der Waals surface area (Å²) in [6, 6.07) is 3.48. The molecule has 1 aromatic carbocycles. The maximum Gasteiger partial charge on any atom is 0.260 e. The smallest absolute Gasteiger partial charge is 0.260 e. The minimum atomic E-state index is -1.60. The van der Waals surface area contributed by atoms with Crippen molar-refractivity contribution < 1.29 is 23.8 Å². The molecule has 1 saturated heterocycles. The van der Waals surface area contributed by atoms with Crippen molar-refractivity contribution in [1.29, 1.82) is 0 Å². The van der Waals surface area contributed by atoms with Crippen LogP contribution in [0.5, 0.6) is 0 Å². The molecule has 3 heterocycles. The number of carbonyl (C=O) groups is 2. The SMILES string of the molecule is Cn1ncc(C(=O)Nc2cc3c(cc2N2CCOCC2)C(=O)N(CC(F)C(C)(C)O)C3)c1Cl. The molecule has 1 fully saturated rings. The summed E-state index contributed by atoms with van der Waals surface area (Å²) in [4.78, 5) is 29.3. The molecule has 2 aromatic rings. The summed E-state index contributed by atoms with van der Waals surface area (Å²) in [5.41, 5.74) is 1.00. The number of amides is 2. The molecule has 0 radical (unpaired) electrons. The molecule has 0 spiro atoms. The predicted octanol–water partition coefficient (Wildman–Crippen LogP) is 2.23. The van der Waals surface area contributed by atoms with Crippen molar-refractivity contribution in [1.82, 2.24) is 14.7 Å². The van der Waals surface area contributed by atoms with Crippen molar-refractivity contribution in [3.63, 3.8) is 0 Å². The van der Waals surface area contributed by atoms with Crippen LogP contribution in [0.4, 0.5) is 15.8 Å². The number of carbonyl (C=O) groups excluding carboxylic acids is 2. The number of nitrogens with zero attached hydrogens (tertiary/aromatic N) is 4. The largest absolute Gasteiger partial charge is 0.387 e. The summed E-state index contributed by atoms with van der Waals surface area (Å²) in [5, 5.41) is 17.1. The summed E-state index contributed by atoms with van der Waals surface area (Å²) in [6.45, 7) is 4.94. The maximum absolute atomic E-state index is 14.5. The van der Waals surface area contributed by atoms with Gasteiger partial charge in [0.1, 0.15) is 11.3 Å². The number of anilines is 2. The van der Waals surface area contributed by atoms with Gasteiger partial charge >= 0.3 is 0 Å². The molecule has 2 amide bonds. The maximum atomic E-state index is 14.5. The van der Waals surface area contributed by atoms with Gasteiger partial charge in [-0.3, -0.25) is 14.3 Å². The Morgan fingerprint density at radius 2 is 2.06 bits per heavy atom. The van der Waals surface area contributed by atoms with Gasteiger partial charge in [0, 0.05) is 32.2 Å². The highest BCUT2D eigenvalue weighted by Gasteiger charge is 2.35. The van der Waals surface area contributed by atoms with Crippen molar-refractivity contribution in [3.05, 3.63) is 40.2 Å². The van der Waals surface area contributed by atoms with Crippen molar-refractivity contribution in [3.8, 4) is 0 Å². The zero-order chi connectivity index (χ0) is 23.9. The Balaban J connectivity index is 1.66. The zero-order valence-electron chi connectivity index (χ0n) is 18.8. The van der Waals surface area contributed by atoms with Gasteiger partial charge in [-0.25, -0.2) is 4.39 Å². The van der Waals surface area contributed by atoms with Crippen LogP contribution in [0.1, 0.15) is 40.1 Å². The van der Waals surface area contributed by atoms with Crippen LogP contribution in [0.2, 0.25) is 5.15 Å². The van der Waals surface area contributed by atoms with E-state index in [2.05, 4.69) is 10.4 Å². The fourth-order valence-corrected chi connectivity index (χ4v) is 4.08. The lowest BCUT2D eigenvalue weighted by atomic mass is 10.0. The Kier molecular flexibility index (Phi) is 6.35. The summed E-state index contributed by atoms with van der Waals surface area (Å²) in [6.07, 6.45) is -0.204. The van der Waals surface area contributed by atoms with Crippen LogP contribution in [0, 0.1) is 0 Å². The summed E-state index contributed by atoms with van der Waals surface area (Å²) >= 11 is 6.18. The zero-order valence-corrected chi connectivity index (χ0v) is 19.5. The molecule has 0 saturated carbocycles. The van der Waals surface area contributed by atoms with E-state index in [-0.39, 0.29) is 29.7 Å². The number of aryl methyl sites for hydroxylation is 1. The first kappa shape index (κ1) is 23.5. The van der Waals surface area contributed by atoms with E-state index < -0.39 is 17.7 Å². The molecule has 2 N–H and O–H groups in total. The number of nitrogens with one attached hydrogen (secondary N) is 1. The van der Waals surface area contributed by atoms with E-state index >= 15 is 0 Å². The van der Waals surface area contributed by atoms with Gasteiger partial charge in [-0.05, 0) is 31.5 Å². The Morgan fingerprint density at radius 1 is 1.36 bits per heavy atom. The van der Waals surface area contributed by atoms with E-state index in [1.807, 2.05) is 4.90 Å². The van der Waals surface area contributed by atoms with Gasteiger partial charge in [0.2, 0.25) is 0 Å². The van der Waals surface area contributed by atoms with Crippen LogP contribution in [-0.4, -0.2) is 76.2 Å². The van der Waals surface area contributed by atoms with Crippen LogP contribution >= 0.6 is 11.6 Å². The second-order valence-corrected chi connectivity index (χ2v) is 9.22. The molecule has 9 nitrogen and oxygen atoms in total. The lowest BCUT2D eigenvalue weighted by Crippen LogP contribution is -2.42. The number of aliphatic hydroxyl groups is 1. The molecule has 2 aliphatic heterocycles. The molecular formula is C22H27ClFN5O4. The van der Waals surface area contributed by atoms with Crippen LogP contribution in [0.25, 0.3) is 0 Å². The fourth-order valence-electron chi connectivity index (χ4n) is 3.91. The standard InChI is InChI=1S/C22H27ClFN5O4/c1-22(2,32)18(24)12-29-11-13-8-16(26-20(30)15-10-25-27(3)19(15)23)17(9-14(13)21(29)31)28-4-6-33-7-5-28/h8-10,18,32H,4-7,11-12H2,1-3H3,(H,26,30). The summed E-state index contributed by atoms with van der Waals surface area (Å²) in [5.74, 6) is -0.728. The third kappa shape index (κ3) is 4.68. The first-order chi connectivity index (χ1) is 15.6. The highest BCUT2D eigenvalue weighted by molar-refractivity contribution is 6.33. The molecule has 1 unspecified atom stereocenters. The monoisotopic (exact) mass is 479 g/mol. The lowest BCUT2D eigenvalue weighted by molar-refractivity contribution is -0.0159. The van der Waals surface area contributed by atoms with E-state index in [0.29, 0.717) is 48.8 Å². The van der Waals surface area contributed by atoms with Crippen molar-refractivity contribution in [2.24, 2.45) is 7.05 Å². The highest BCUT2D eigenvalue weighted by atomic mass is 35.5. The molecular weight excluding hydrogens is 453 g/mol. The van der Waals surface area contributed by atoms with Gasteiger partial charge in [0.25, 0.3) is 11.8 Å². The molecule has 1 aromatic heterocycles. The fraction of sp³-hybridized carbons (Fsp3) is 0.500. The summed E-state index contributed by atoms with van der Waals surface area (Å²) < 4.78 is 21.3. The third-order valence-corrected chi connectivity index (χ3v) is 6.41. The van der Waals surface area contributed by atoms with E-state index in [0.717, 1.165) is 0 Å². The number of morpholine rings is 1. The first-order valence-corrected chi connectivity index (χ1v) is 11.1. The average molecular weight is 480 g/mol. The topological polar surface area (TPSA) is 99.9 Å².